The van der Waals surface area contributed by atoms with E-state index in [0.29, 0.717) is 0 Å². The van der Waals surface area contributed by atoms with Crippen LogP contribution >= 0.6 is 0 Å². The van der Waals surface area contributed by atoms with Gasteiger partial charge in [-0.25, -0.2) is 0 Å². The van der Waals surface area contributed by atoms with Gasteiger partial charge < -0.3 is 4.90 Å². The van der Waals surface area contributed by atoms with E-state index in [9.17, 15) is 0 Å². The first-order chi connectivity index (χ1) is 11.3. The molecule has 4 rings (SSSR count). The van der Waals surface area contributed by atoms with Crippen molar-refractivity contribution in [2.24, 2.45) is 17.8 Å². The first-order valence-corrected chi connectivity index (χ1v) is 9.17. The second kappa shape index (κ2) is 6.39. The lowest BCUT2D eigenvalue weighted by Crippen LogP contribution is -2.41. The highest BCUT2D eigenvalue weighted by Gasteiger charge is 2.36. The summed E-state index contributed by atoms with van der Waals surface area (Å²) in [6.07, 6.45) is 17.0. The third-order valence-electron chi connectivity index (χ3n) is 5.84. The summed E-state index contributed by atoms with van der Waals surface area (Å²) in [5.74, 6) is 2.23. The lowest BCUT2D eigenvalue weighted by atomic mass is 9.69. The molecule has 3 atom stereocenters. The highest BCUT2D eigenvalue weighted by atomic mass is 15.1. The van der Waals surface area contributed by atoms with Crippen LogP contribution in [0.1, 0.15) is 30.4 Å². The van der Waals surface area contributed by atoms with Gasteiger partial charge in [-0.1, -0.05) is 60.2 Å². The van der Waals surface area contributed by atoms with Crippen LogP contribution in [0.25, 0.3) is 0 Å². The lowest BCUT2D eigenvalue weighted by Gasteiger charge is -2.45. The van der Waals surface area contributed by atoms with E-state index in [4.69, 9.17) is 0 Å². The predicted octanol–water partition coefficient (Wildman–Crippen LogP) is 4.90. The van der Waals surface area contributed by atoms with Crippen molar-refractivity contribution < 1.29 is 0 Å². The fraction of sp³-hybridized carbons (Fsp3) is 0.455. The maximum Gasteiger partial charge on any atom is 0.0215 e. The molecule has 0 bridgehead atoms. The molecule has 0 radical (unpaired) electrons. The third kappa shape index (κ3) is 3.02. The van der Waals surface area contributed by atoms with E-state index in [1.807, 2.05) is 0 Å². The van der Waals surface area contributed by atoms with E-state index in [-0.39, 0.29) is 0 Å². The molecule has 0 saturated carbocycles. The highest BCUT2D eigenvalue weighted by Crippen LogP contribution is 2.44. The second-order valence-electron chi connectivity index (χ2n) is 7.35. The number of hydrogen-bond acceptors (Lipinski definition) is 1. The van der Waals surface area contributed by atoms with Crippen LogP contribution in [0.15, 0.2) is 60.3 Å². The number of hydrogen-bond donors (Lipinski definition) is 0. The van der Waals surface area contributed by atoms with Gasteiger partial charge in [0.05, 0.1) is 0 Å². The third-order valence-corrected chi connectivity index (χ3v) is 5.84. The minimum Gasteiger partial charge on any atom is -0.375 e. The van der Waals surface area contributed by atoms with Crippen LogP contribution in [0.3, 0.4) is 0 Å². The summed E-state index contributed by atoms with van der Waals surface area (Å²) >= 11 is 0. The maximum absolute atomic E-state index is 2.68. The fourth-order valence-electron chi connectivity index (χ4n) is 4.54. The molecule has 1 heteroatoms. The van der Waals surface area contributed by atoms with E-state index in [1.54, 1.807) is 5.70 Å². The predicted molar refractivity (Wildman–Crippen MR) is 97.1 cm³/mol. The SMILES string of the molecule is Cc1ccc(CCN2CCC[C@@H]3C2=CC[C@H]2C=CC=C[C@H]23)cc1. The summed E-state index contributed by atoms with van der Waals surface area (Å²) in [6, 6.07) is 9.05. The zero-order valence-corrected chi connectivity index (χ0v) is 14.1. The molecule has 1 nitrogen and oxygen atoms in total. The molecule has 0 spiro atoms. The average molecular weight is 305 g/mol. The molecule has 1 saturated heterocycles. The van der Waals surface area contributed by atoms with Crippen LogP contribution in [-0.2, 0) is 6.42 Å². The van der Waals surface area contributed by atoms with Gasteiger partial charge in [-0.05, 0) is 50.0 Å². The van der Waals surface area contributed by atoms with Gasteiger partial charge >= 0.3 is 0 Å². The second-order valence-corrected chi connectivity index (χ2v) is 7.35. The fourth-order valence-corrected chi connectivity index (χ4v) is 4.54. The Morgan fingerprint density at radius 1 is 1.09 bits per heavy atom. The summed E-state index contributed by atoms with van der Waals surface area (Å²) in [5, 5.41) is 0. The van der Waals surface area contributed by atoms with E-state index in [1.165, 1.54) is 43.5 Å². The summed E-state index contributed by atoms with van der Waals surface area (Å²) in [5.41, 5.74) is 4.46. The minimum absolute atomic E-state index is 0.738. The molecule has 0 unspecified atom stereocenters. The highest BCUT2D eigenvalue weighted by molar-refractivity contribution is 5.26. The van der Waals surface area contributed by atoms with Crippen LogP contribution in [0.2, 0.25) is 0 Å². The molecule has 0 aromatic heterocycles. The van der Waals surface area contributed by atoms with Crippen molar-refractivity contribution >= 4 is 0 Å². The van der Waals surface area contributed by atoms with Crippen molar-refractivity contribution in [2.45, 2.75) is 32.6 Å². The molecular formula is C22H27N. The van der Waals surface area contributed by atoms with E-state index in [0.717, 1.165) is 24.2 Å². The lowest BCUT2D eigenvalue weighted by molar-refractivity contribution is 0.180. The quantitative estimate of drug-likeness (QED) is 0.768. The van der Waals surface area contributed by atoms with Crippen LogP contribution < -0.4 is 0 Å². The zero-order chi connectivity index (χ0) is 15.6. The number of benzene rings is 1. The molecule has 3 aliphatic rings. The van der Waals surface area contributed by atoms with Gasteiger partial charge in [0.25, 0.3) is 0 Å². The van der Waals surface area contributed by atoms with Crippen molar-refractivity contribution in [3.63, 3.8) is 0 Å². The Balaban J connectivity index is 1.47. The van der Waals surface area contributed by atoms with E-state index in [2.05, 4.69) is 66.5 Å². The van der Waals surface area contributed by atoms with Crippen molar-refractivity contribution in [3.05, 3.63) is 71.5 Å². The average Bonchev–Trinajstić information content (AvgIpc) is 2.61. The number of nitrogens with zero attached hydrogens (tertiary/aromatic N) is 1. The molecule has 0 amide bonds. The molecule has 1 aromatic carbocycles. The van der Waals surface area contributed by atoms with Crippen molar-refractivity contribution in [1.82, 2.24) is 4.90 Å². The molecule has 1 heterocycles. The smallest absolute Gasteiger partial charge is 0.0215 e. The maximum atomic E-state index is 2.68. The Hall–Kier alpha value is -1.76. The molecule has 120 valence electrons. The van der Waals surface area contributed by atoms with Crippen LogP contribution in [0, 0.1) is 24.7 Å². The Morgan fingerprint density at radius 2 is 1.91 bits per heavy atom. The van der Waals surface area contributed by atoms with Crippen molar-refractivity contribution in [1.29, 1.82) is 0 Å². The molecule has 1 fully saturated rings. The van der Waals surface area contributed by atoms with Crippen molar-refractivity contribution in [3.8, 4) is 0 Å². The Kier molecular flexibility index (Phi) is 4.11. The largest absolute Gasteiger partial charge is 0.375 e. The summed E-state index contributed by atoms with van der Waals surface area (Å²) in [6.45, 7) is 4.57. The topological polar surface area (TPSA) is 3.24 Å². The van der Waals surface area contributed by atoms with Gasteiger partial charge in [0.2, 0.25) is 0 Å². The van der Waals surface area contributed by atoms with Crippen LogP contribution in [-0.4, -0.2) is 18.0 Å². The van der Waals surface area contributed by atoms with E-state index >= 15 is 0 Å². The Bertz CT molecular complexity index is 634. The Morgan fingerprint density at radius 3 is 2.78 bits per heavy atom. The standard InChI is InChI=1S/C22H27N/c1-17-8-10-18(11-9-17)14-16-23-15-4-7-21-20-6-3-2-5-19(20)12-13-22(21)23/h2-3,5-6,8-11,13,19-21H,4,7,12,14-16H2,1H3/t19-,20-,21+/m1/s1. The van der Waals surface area contributed by atoms with Gasteiger partial charge in [-0.2, -0.15) is 0 Å². The van der Waals surface area contributed by atoms with Crippen LogP contribution in [0.5, 0.6) is 0 Å². The first-order valence-electron chi connectivity index (χ1n) is 9.17. The molecule has 2 aliphatic carbocycles. The van der Waals surface area contributed by atoms with Crippen molar-refractivity contribution in [2.75, 3.05) is 13.1 Å². The number of rotatable bonds is 3. The Labute approximate surface area is 140 Å². The molecule has 23 heavy (non-hydrogen) atoms. The molecule has 0 N–H and O–H groups in total. The first kappa shape index (κ1) is 14.8. The van der Waals surface area contributed by atoms with Gasteiger partial charge in [0, 0.05) is 24.7 Å². The van der Waals surface area contributed by atoms with Crippen LogP contribution in [0.4, 0.5) is 0 Å². The zero-order valence-electron chi connectivity index (χ0n) is 14.1. The van der Waals surface area contributed by atoms with Gasteiger partial charge in [0.1, 0.15) is 0 Å². The summed E-state index contributed by atoms with van der Waals surface area (Å²) in [7, 11) is 0. The molecule has 1 aromatic rings. The van der Waals surface area contributed by atoms with Gasteiger partial charge in [0.15, 0.2) is 0 Å². The number of aryl methyl sites for hydroxylation is 1. The summed E-state index contributed by atoms with van der Waals surface area (Å²) < 4.78 is 0. The number of allylic oxidation sites excluding steroid dienone is 6. The van der Waals surface area contributed by atoms with E-state index < -0.39 is 0 Å². The molecular weight excluding hydrogens is 278 g/mol. The normalized spacial score (nSPS) is 29.0. The monoisotopic (exact) mass is 305 g/mol. The summed E-state index contributed by atoms with van der Waals surface area (Å²) in [4.78, 5) is 2.68. The van der Waals surface area contributed by atoms with Gasteiger partial charge in [-0.3, -0.25) is 0 Å². The number of fused-ring (bicyclic) bond motifs is 3. The van der Waals surface area contributed by atoms with Gasteiger partial charge in [-0.15, -0.1) is 0 Å². The minimum atomic E-state index is 0.738. The number of piperidine rings is 1. The molecule has 1 aliphatic heterocycles. The number of likely N-dealkylation sites (tertiary alicyclic amines) is 1.